The number of hydrogen-bond acceptors (Lipinski definition) is 5. The summed E-state index contributed by atoms with van der Waals surface area (Å²) in [5.74, 6) is 0.0492. The van der Waals surface area contributed by atoms with Gasteiger partial charge in [-0.3, -0.25) is 14.6 Å². The van der Waals surface area contributed by atoms with Crippen LogP contribution in [0, 0.1) is 6.92 Å². The number of aliphatic imine (C=N–C) groups is 1. The molecule has 0 saturated carbocycles. The van der Waals surface area contributed by atoms with Gasteiger partial charge in [0.05, 0.1) is 17.8 Å². The molecule has 2 N–H and O–H groups in total. The number of aryl methyl sites for hydroxylation is 1. The highest BCUT2D eigenvalue weighted by Gasteiger charge is 2.15. The number of rotatable bonds is 10. The summed E-state index contributed by atoms with van der Waals surface area (Å²) in [6.45, 7) is 5.14. The van der Waals surface area contributed by atoms with Crippen molar-refractivity contribution in [3.05, 3.63) is 63.5 Å². The van der Waals surface area contributed by atoms with E-state index in [9.17, 15) is 14.0 Å². The van der Waals surface area contributed by atoms with Crippen LogP contribution in [0.25, 0.3) is 0 Å². The summed E-state index contributed by atoms with van der Waals surface area (Å²) in [5, 5.41) is 2.96. The lowest BCUT2D eigenvalue weighted by Crippen LogP contribution is -2.27. The lowest BCUT2D eigenvalue weighted by molar-refractivity contribution is -0.107. The molecule has 8 heteroatoms. The molecule has 7 nitrogen and oxygen atoms in total. The smallest absolute Gasteiger partial charge is 0.255 e. The highest BCUT2D eigenvalue weighted by Crippen LogP contribution is 2.27. The standard InChI is InChI=1S/C22H27FN4O3/c1-5-9-25-20(16(3)23)13-30-17-7-6-15(2)21(11-17)27(14-28)12-18-19(24-4)8-10-26-22(18)29/h6-11,14H,5,12-13H2,1-4H3,(H2,24,26,29)/b20-16+,25-9?. The molecule has 0 unspecified atom stereocenters. The molecular weight excluding hydrogens is 387 g/mol. The van der Waals surface area contributed by atoms with E-state index >= 15 is 0 Å². The number of nitrogens with zero attached hydrogens (tertiary/aromatic N) is 2. The molecule has 1 amide bonds. The predicted octanol–water partition coefficient (Wildman–Crippen LogP) is 3.95. The summed E-state index contributed by atoms with van der Waals surface area (Å²) in [6, 6.07) is 6.96. The van der Waals surface area contributed by atoms with Gasteiger partial charge in [-0.15, -0.1) is 0 Å². The van der Waals surface area contributed by atoms with E-state index in [1.807, 2.05) is 13.8 Å². The van der Waals surface area contributed by atoms with E-state index in [4.69, 9.17) is 4.74 Å². The van der Waals surface area contributed by atoms with Crippen LogP contribution in [-0.4, -0.2) is 31.3 Å². The Morgan fingerprint density at radius 3 is 2.77 bits per heavy atom. The van der Waals surface area contributed by atoms with Crippen LogP contribution in [-0.2, 0) is 11.3 Å². The lowest BCUT2D eigenvalue weighted by atomic mass is 10.1. The van der Waals surface area contributed by atoms with Crippen molar-refractivity contribution in [2.45, 2.75) is 33.7 Å². The van der Waals surface area contributed by atoms with Crippen LogP contribution in [0.4, 0.5) is 15.8 Å². The molecule has 0 spiro atoms. The highest BCUT2D eigenvalue weighted by atomic mass is 19.1. The fourth-order valence-electron chi connectivity index (χ4n) is 2.82. The number of nitrogens with one attached hydrogen (secondary N) is 2. The van der Waals surface area contributed by atoms with Crippen molar-refractivity contribution in [2.24, 2.45) is 4.99 Å². The Morgan fingerprint density at radius 2 is 2.13 bits per heavy atom. The van der Waals surface area contributed by atoms with Crippen molar-refractivity contribution < 1.29 is 13.9 Å². The van der Waals surface area contributed by atoms with Gasteiger partial charge in [-0.1, -0.05) is 13.0 Å². The zero-order chi connectivity index (χ0) is 22.1. The van der Waals surface area contributed by atoms with Crippen molar-refractivity contribution in [3.63, 3.8) is 0 Å². The topological polar surface area (TPSA) is 86.8 Å². The molecule has 160 valence electrons. The van der Waals surface area contributed by atoms with Gasteiger partial charge < -0.3 is 19.9 Å². The molecule has 30 heavy (non-hydrogen) atoms. The Hall–Kier alpha value is -3.42. The molecule has 0 bridgehead atoms. The number of benzene rings is 1. The molecule has 0 radical (unpaired) electrons. The summed E-state index contributed by atoms with van der Waals surface area (Å²) in [4.78, 5) is 32.2. The molecule has 0 aliphatic rings. The maximum absolute atomic E-state index is 13.7. The number of hydrogen-bond donors (Lipinski definition) is 2. The minimum absolute atomic E-state index is 0.0370. The Kier molecular flexibility index (Phi) is 8.34. The Bertz CT molecular complexity index is 994. The fourth-order valence-corrected chi connectivity index (χ4v) is 2.82. The summed E-state index contributed by atoms with van der Waals surface area (Å²) >= 11 is 0. The van der Waals surface area contributed by atoms with E-state index in [-0.39, 0.29) is 24.4 Å². The number of H-pyrrole nitrogens is 1. The predicted molar refractivity (Wildman–Crippen MR) is 118 cm³/mol. The van der Waals surface area contributed by atoms with Gasteiger partial charge in [0.1, 0.15) is 23.9 Å². The summed E-state index contributed by atoms with van der Waals surface area (Å²) in [7, 11) is 1.71. The molecule has 0 aliphatic carbocycles. The SMILES string of the molecule is CCC=N/C(COc1ccc(C)c(N(C=O)Cc2c(NC)cc[nH]c2=O)c1)=C(\C)F. The van der Waals surface area contributed by atoms with Crippen LogP contribution in [0.1, 0.15) is 31.4 Å². The van der Waals surface area contributed by atoms with E-state index in [0.29, 0.717) is 35.5 Å². The molecular formula is C22H27FN4O3. The van der Waals surface area contributed by atoms with Crippen LogP contribution >= 0.6 is 0 Å². The second kappa shape index (κ2) is 10.9. The van der Waals surface area contributed by atoms with Gasteiger partial charge in [0.15, 0.2) is 0 Å². The van der Waals surface area contributed by atoms with Crippen molar-refractivity contribution >= 4 is 24.0 Å². The largest absolute Gasteiger partial charge is 0.487 e. The molecule has 0 fully saturated rings. The van der Waals surface area contributed by atoms with E-state index in [2.05, 4.69) is 15.3 Å². The minimum atomic E-state index is -0.413. The number of allylic oxidation sites excluding steroid dienone is 1. The minimum Gasteiger partial charge on any atom is -0.487 e. The quantitative estimate of drug-likeness (QED) is 0.455. The van der Waals surface area contributed by atoms with Crippen molar-refractivity contribution in [1.82, 2.24) is 4.98 Å². The fraction of sp³-hybridized carbons (Fsp3) is 0.318. The van der Waals surface area contributed by atoms with Crippen LogP contribution < -0.4 is 20.5 Å². The molecule has 1 heterocycles. The summed E-state index contributed by atoms with van der Waals surface area (Å²) in [6.07, 6.45) is 4.52. The number of amides is 1. The van der Waals surface area contributed by atoms with E-state index in [0.717, 1.165) is 5.56 Å². The van der Waals surface area contributed by atoms with Gasteiger partial charge in [-0.25, -0.2) is 4.39 Å². The first-order valence-corrected chi connectivity index (χ1v) is 9.62. The van der Waals surface area contributed by atoms with Gasteiger partial charge in [-0.2, -0.15) is 0 Å². The highest BCUT2D eigenvalue weighted by molar-refractivity contribution is 5.78. The normalized spacial score (nSPS) is 11.9. The third-order valence-corrected chi connectivity index (χ3v) is 4.48. The first-order valence-electron chi connectivity index (χ1n) is 9.62. The number of ether oxygens (including phenoxy) is 1. The molecule has 1 aromatic heterocycles. The van der Waals surface area contributed by atoms with E-state index in [1.54, 1.807) is 43.7 Å². The number of halogens is 1. The van der Waals surface area contributed by atoms with Crippen molar-refractivity contribution in [2.75, 3.05) is 23.9 Å². The first-order chi connectivity index (χ1) is 14.4. The van der Waals surface area contributed by atoms with Gasteiger partial charge >= 0.3 is 0 Å². The zero-order valence-corrected chi connectivity index (χ0v) is 17.7. The number of aromatic nitrogens is 1. The molecule has 2 aromatic rings. The molecule has 0 atom stereocenters. The van der Waals surface area contributed by atoms with Gasteiger partial charge in [0, 0.05) is 31.2 Å². The Morgan fingerprint density at radius 1 is 1.37 bits per heavy atom. The maximum atomic E-state index is 13.7. The summed E-state index contributed by atoms with van der Waals surface area (Å²) < 4.78 is 19.4. The van der Waals surface area contributed by atoms with Crippen molar-refractivity contribution in [1.29, 1.82) is 0 Å². The third kappa shape index (κ3) is 5.79. The van der Waals surface area contributed by atoms with Crippen LogP contribution in [0.5, 0.6) is 5.75 Å². The van der Waals surface area contributed by atoms with Gasteiger partial charge in [0.2, 0.25) is 6.41 Å². The Balaban J connectivity index is 2.29. The lowest BCUT2D eigenvalue weighted by Gasteiger charge is -2.21. The zero-order valence-electron chi connectivity index (χ0n) is 17.7. The summed E-state index contributed by atoms with van der Waals surface area (Å²) in [5.41, 5.74) is 2.42. The van der Waals surface area contributed by atoms with Gasteiger partial charge in [0.25, 0.3) is 5.56 Å². The van der Waals surface area contributed by atoms with Crippen LogP contribution in [0.2, 0.25) is 0 Å². The molecule has 1 aromatic carbocycles. The first kappa shape index (κ1) is 22.9. The number of carbonyl (C=O) groups is 1. The monoisotopic (exact) mass is 414 g/mol. The van der Waals surface area contributed by atoms with E-state index < -0.39 is 5.83 Å². The maximum Gasteiger partial charge on any atom is 0.255 e. The van der Waals surface area contributed by atoms with Gasteiger partial charge in [-0.05, 0) is 38.0 Å². The Labute approximate surface area is 175 Å². The second-order valence-electron chi connectivity index (χ2n) is 6.62. The molecule has 0 aliphatic heterocycles. The van der Waals surface area contributed by atoms with Crippen LogP contribution in [0.3, 0.4) is 0 Å². The third-order valence-electron chi connectivity index (χ3n) is 4.48. The molecule has 0 saturated heterocycles. The van der Waals surface area contributed by atoms with Crippen molar-refractivity contribution in [3.8, 4) is 5.75 Å². The molecule has 2 rings (SSSR count). The average Bonchev–Trinajstić information content (AvgIpc) is 2.73. The number of pyridine rings is 1. The van der Waals surface area contributed by atoms with Crippen LogP contribution in [0.15, 0.2) is 51.8 Å². The number of carbonyl (C=O) groups excluding carboxylic acids is 1. The number of anilines is 2. The van der Waals surface area contributed by atoms with E-state index in [1.165, 1.54) is 11.8 Å². The second-order valence-corrected chi connectivity index (χ2v) is 6.62. The number of aromatic amines is 1. The average molecular weight is 414 g/mol.